The maximum atomic E-state index is 12.2. The fraction of sp³-hybridized carbons (Fsp3) is 0.308. The van der Waals surface area contributed by atoms with E-state index < -0.39 is 12.8 Å². The highest BCUT2D eigenvalue weighted by Gasteiger charge is 2.28. The van der Waals surface area contributed by atoms with Crippen LogP contribution in [0.15, 0.2) is 41.3 Å². The predicted octanol–water partition coefficient (Wildman–Crippen LogP) is 2.91. The van der Waals surface area contributed by atoms with E-state index in [2.05, 4.69) is 10.3 Å². The number of oxazole rings is 1. The molecule has 0 saturated carbocycles. The van der Waals surface area contributed by atoms with Crippen molar-refractivity contribution in [3.8, 4) is 5.75 Å². The van der Waals surface area contributed by atoms with Gasteiger partial charge in [-0.15, -0.1) is 0 Å². The van der Waals surface area contributed by atoms with Gasteiger partial charge in [0, 0.05) is 18.7 Å². The molecule has 0 unspecified atom stereocenters. The zero-order valence-corrected chi connectivity index (χ0v) is 10.5. The molecule has 0 aliphatic heterocycles. The maximum Gasteiger partial charge on any atom is 0.422 e. The Morgan fingerprint density at radius 3 is 2.70 bits per heavy atom. The number of alkyl halides is 3. The summed E-state index contributed by atoms with van der Waals surface area (Å²) >= 11 is 0. The first-order valence-corrected chi connectivity index (χ1v) is 5.90. The Hall–Kier alpha value is -2.02. The van der Waals surface area contributed by atoms with Gasteiger partial charge in [-0.1, -0.05) is 18.2 Å². The lowest BCUT2D eigenvalue weighted by Crippen LogP contribution is -2.20. The summed E-state index contributed by atoms with van der Waals surface area (Å²) in [5.41, 5.74) is 1.37. The molecule has 0 aliphatic rings. The van der Waals surface area contributed by atoms with Crippen LogP contribution in [-0.4, -0.2) is 17.8 Å². The van der Waals surface area contributed by atoms with Crippen LogP contribution in [0.2, 0.25) is 0 Å². The van der Waals surface area contributed by atoms with Crippen LogP contribution in [0.25, 0.3) is 0 Å². The summed E-state index contributed by atoms with van der Waals surface area (Å²) in [6, 6.07) is 6.60. The molecular formula is C13H13F3N2O2. The average molecular weight is 286 g/mol. The standard InChI is InChI=1S/C13H13F3N2O2/c14-13(15,16)8-20-12-4-2-1-3-10(12)5-17-6-11-7-19-9-18-11/h1-4,7,9,17H,5-6,8H2. The number of nitrogens with zero attached hydrogens (tertiary/aromatic N) is 1. The van der Waals surface area contributed by atoms with E-state index in [9.17, 15) is 13.2 Å². The highest BCUT2D eigenvalue weighted by Crippen LogP contribution is 2.22. The Morgan fingerprint density at radius 2 is 2.00 bits per heavy atom. The van der Waals surface area contributed by atoms with Gasteiger partial charge in [0.15, 0.2) is 13.0 Å². The lowest BCUT2D eigenvalue weighted by atomic mass is 10.2. The van der Waals surface area contributed by atoms with E-state index in [1.165, 1.54) is 18.7 Å². The van der Waals surface area contributed by atoms with E-state index in [-0.39, 0.29) is 5.75 Å². The van der Waals surface area contributed by atoms with E-state index >= 15 is 0 Å². The number of hydrogen-bond donors (Lipinski definition) is 1. The van der Waals surface area contributed by atoms with Crippen LogP contribution in [0, 0.1) is 0 Å². The Balaban J connectivity index is 1.90. The minimum absolute atomic E-state index is 0.220. The van der Waals surface area contributed by atoms with Crippen molar-refractivity contribution in [1.29, 1.82) is 0 Å². The summed E-state index contributed by atoms with van der Waals surface area (Å²) in [4.78, 5) is 3.93. The summed E-state index contributed by atoms with van der Waals surface area (Å²) in [7, 11) is 0. The molecule has 108 valence electrons. The van der Waals surface area contributed by atoms with Crippen molar-refractivity contribution >= 4 is 0 Å². The molecule has 1 aromatic heterocycles. The third-order valence-corrected chi connectivity index (χ3v) is 2.47. The van der Waals surface area contributed by atoms with Crippen molar-refractivity contribution in [2.75, 3.05) is 6.61 Å². The van der Waals surface area contributed by atoms with Gasteiger partial charge in [-0.25, -0.2) is 4.98 Å². The van der Waals surface area contributed by atoms with Crippen LogP contribution in [0.4, 0.5) is 13.2 Å². The lowest BCUT2D eigenvalue weighted by molar-refractivity contribution is -0.153. The van der Waals surface area contributed by atoms with E-state index in [1.807, 2.05) is 0 Å². The lowest BCUT2D eigenvalue weighted by Gasteiger charge is -2.13. The molecule has 1 heterocycles. The summed E-state index contributed by atoms with van der Waals surface area (Å²) < 4.78 is 46.1. The minimum atomic E-state index is -4.35. The Kier molecular flexibility index (Phi) is 4.62. The van der Waals surface area contributed by atoms with Crippen molar-refractivity contribution in [2.24, 2.45) is 0 Å². The normalized spacial score (nSPS) is 11.6. The van der Waals surface area contributed by atoms with Crippen LogP contribution >= 0.6 is 0 Å². The molecule has 20 heavy (non-hydrogen) atoms. The van der Waals surface area contributed by atoms with Crippen molar-refractivity contribution in [3.05, 3.63) is 48.2 Å². The second kappa shape index (κ2) is 6.42. The molecule has 2 aromatic rings. The third kappa shape index (κ3) is 4.58. The van der Waals surface area contributed by atoms with Gasteiger partial charge < -0.3 is 14.5 Å². The molecule has 0 bridgehead atoms. The summed E-state index contributed by atoms with van der Waals surface area (Å²) in [5.74, 6) is 0.220. The molecular weight excluding hydrogens is 273 g/mol. The molecule has 0 spiro atoms. The number of halogens is 3. The van der Waals surface area contributed by atoms with Gasteiger partial charge in [-0.05, 0) is 6.07 Å². The fourth-order valence-electron chi connectivity index (χ4n) is 1.60. The maximum absolute atomic E-state index is 12.2. The second-order valence-electron chi connectivity index (χ2n) is 4.09. The highest BCUT2D eigenvalue weighted by atomic mass is 19.4. The van der Waals surface area contributed by atoms with Crippen molar-refractivity contribution < 1.29 is 22.3 Å². The Morgan fingerprint density at radius 1 is 1.20 bits per heavy atom. The van der Waals surface area contributed by atoms with Gasteiger partial charge in [0.25, 0.3) is 0 Å². The smallest absolute Gasteiger partial charge is 0.422 e. The van der Waals surface area contributed by atoms with Crippen molar-refractivity contribution in [1.82, 2.24) is 10.3 Å². The van der Waals surface area contributed by atoms with Crippen molar-refractivity contribution in [3.63, 3.8) is 0 Å². The van der Waals surface area contributed by atoms with Crippen LogP contribution < -0.4 is 10.1 Å². The van der Waals surface area contributed by atoms with Gasteiger partial charge in [-0.3, -0.25) is 0 Å². The SMILES string of the molecule is FC(F)(F)COc1ccccc1CNCc1cocn1. The van der Waals surface area contributed by atoms with Crippen LogP contribution in [-0.2, 0) is 13.1 Å². The molecule has 4 nitrogen and oxygen atoms in total. The number of rotatable bonds is 6. The Labute approximate surface area is 113 Å². The minimum Gasteiger partial charge on any atom is -0.484 e. The molecule has 0 radical (unpaired) electrons. The second-order valence-corrected chi connectivity index (χ2v) is 4.09. The van der Waals surface area contributed by atoms with E-state index in [0.717, 1.165) is 5.69 Å². The zero-order valence-electron chi connectivity index (χ0n) is 10.5. The quantitative estimate of drug-likeness (QED) is 0.887. The molecule has 2 rings (SSSR count). The Bertz CT molecular complexity index is 527. The highest BCUT2D eigenvalue weighted by molar-refractivity contribution is 5.33. The number of hydrogen-bond acceptors (Lipinski definition) is 4. The van der Waals surface area contributed by atoms with Crippen LogP contribution in [0.3, 0.4) is 0 Å². The molecule has 0 aliphatic carbocycles. The molecule has 1 aromatic carbocycles. The number of aromatic nitrogens is 1. The summed E-state index contributed by atoms with van der Waals surface area (Å²) in [5, 5.41) is 3.06. The number of ether oxygens (including phenoxy) is 1. The largest absolute Gasteiger partial charge is 0.484 e. The third-order valence-electron chi connectivity index (χ3n) is 2.47. The number of para-hydroxylation sites is 1. The molecule has 0 fully saturated rings. The summed E-state index contributed by atoms with van der Waals surface area (Å²) in [6.45, 7) is -0.460. The summed E-state index contributed by atoms with van der Waals surface area (Å²) in [6.07, 6.45) is -1.53. The van der Waals surface area contributed by atoms with Crippen LogP contribution in [0.1, 0.15) is 11.3 Å². The first-order chi connectivity index (χ1) is 9.54. The predicted molar refractivity (Wildman–Crippen MR) is 65.0 cm³/mol. The zero-order chi connectivity index (χ0) is 14.4. The van der Waals surface area contributed by atoms with Crippen LogP contribution in [0.5, 0.6) is 5.75 Å². The van der Waals surface area contributed by atoms with Gasteiger partial charge in [0.05, 0.1) is 5.69 Å². The monoisotopic (exact) mass is 286 g/mol. The molecule has 0 saturated heterocycles. The molecule has 7 heteroatoms. The average Bonchev–Trinajstić information content (AvgIpc) is 2.90. The molecule has 1 N–H and O–H groups in total. The molecule has 0 atom stereocenters. The topological polar surface area (TPSA) is 47.3 Å². The van der Waals surface area contributed by atoms with Gasteiger partial charge in [-0.2, -0.15) is 13.2 Å². The van der Waals surface area contributed by atoms with Gasteiger partial charge in [0.1, 0.15) is 12.0 Å². The first-order valence-electron chi connectivity index (χ1n) is 5.90. The number of nitrogens with one attached hydrogen (secondary N) is 1. The first kappa shape index (κ1) is 14.4. The van der Waals surface area contributed by atoms with Gasteiger partial charge in [0.2, 0.25) is 0 Å². The number of benzene rings is 1. The van der Waals surface area contributed by atoms with E-state index in [1.54, 1.807) is 18.2 Å². The molecule has 0 amide bonds. The van der Waals surface area contributed by atoms with E-state index in [4.69, 9.17) is 9.15 Å². The van der Waals surface area contributed by atoms with Crippen molar-refractivity contribution in [2.45, 2.75) is 19.3 Å². The van der Waals surface area contributed by atoms with E-state index in [0.29, 0.717) is 18.7 Å². The fourth-order valence-corrected chi connectivity index (χ4v) is 1.60. The van der Waals surface area contributed by atoms with Gasteiger partial charge >= 0.3 is 6.18 Å².